The van der Waals surface area contributed by atoms with Gasteiger partial charge in [-0.25, -0.2) is 0 Å². The molecule has 0 aromatic heterocycles. The number of amides is 2. The van der Waals surface area contributed by atoms with Crippen LogP contribution in [-0.4, -0.2) is 53.7 Å². The third kappa shape index (κ3) is 4.60. The molecule has 136 valence electrons. The number of hydrogen-bond donors (Lipinski definition) is 2. The number of nitrogens with one attached hydrogen (secondary N) is 2. The van der Waals surface area contributed by atoms with Gasteiger partial charge < -0.3 is 15.5 Å². The highest BCUT2D eigenvalue weighted by atomic mass is 79.9. The van der Waals surface area contributed by atoms with Crippen molar-refractivity contribution in [2.45, 2.75) is 18.9 Å². The number of anilines is 1. The highest BCUT2D eigenvalue weighted by molar-refractivity contribution is 9.10. The molecule has 0 radical (unpaired) electrons. The maximum absolute atomic E-state index is 12.1. The number of likely N-dealkylation sites (tertiary alicyclic amines) is 1. The zero-order chi connectivity index (χ0) is 18.6. The average molecular weight is 434 g/mol. The molecule has 8 nitrogen and oxygen atoms in total. The van der Waals surface area contributed by atoms with Crippen molar-refractivity contribution in [1.82, 2.24) is 10.2 Å². The SMILES string of the molecule is CNC(=O)c1cc(Br)cc([N+](=O)[O-])c1N[C@H]1CCCN(C(=O)CCl)C1. The number of carbonyl (C=O) groups excluding carboxylic acids is 2. The van der Waals surface area contributed by atoms with E-state index in [1.165, 1.54) is 19.2 Å². The molecule has 1 aromatic carbocycles. The Morgan fingerprint density at radius 1 is 1.48 bits per heavy atom. The van der Waals surface area contributed by atoms with Crippen LogP contribution in [0.4, 0.5) is 11.4 Å². The lowest BCUT2D eigenvalue weighted by Crippen LogP contribution is -2.45. The second kappa shape index (κ2) is 8.48. The van der Waals surface area contributed by atoms with Crippen LogP contribution in [-0.2, 0) is 4.79 Å². The summed E-state index contributed by atoms with van der Waals surface area (Å²) in [4.78, 5) is 36.5. The third-order valence-electron chi connectivity index (χ3n) is 3.99. The van der Waals surface area contributed by atoms with Gasteiger partial charge in [-0.2, -0.15) is 0 Å². The summed E-state index contributed by atoms with van der Waals surface area (Å²) >= 11 is 8.80. The quantitative estimate of drug-likeness (QED) is 0.421. The molecule has 2 amide bonds. The highest BCUT2D eigenvalue weighted by Crippen LogP contribution is 2.34. The molecule has 10 heteroatoms. The van der Waals surface area contributed by atoms with E-state index in [4.69, 9.17) is 11.6 Å². The van der Waals surface area contributed by atoms with Gasteiger partial charge in [0.2, 0.25) is 5.91 Å². The van der Waals surface area contributed by atoms with Crippen LogP contribution in [0.25, 0.3) is 0 Å². The summed E-state index contributed by atoms with van der Waals surface area (Å²) in [7, 11) is 1.46. The van der Waals surface area contributed by atoms with E-state index in [2.05, 4.69) is 26.6 Å². The molecule has 0 aliphatic carbocycles. The molecule has 2 N–H and O–H groups in total. The Labute approximate surface area is 158 Å². The van der Waals surface area contributed by atoms with Gasteiger partial charge in [-0.05, 0) is 18.9 Å². The molecule has 2 rings (SSSR count). The highest BCUT2D eigenvalue weighted by Gasteiger charge is 2.28. The average Bonchev–Trinajstić information content (AvgIpc) is 2.61. The lowest BCUT2D eigenvalue weighted by molar-refractivity contribution is -0.384. The molecule has 1 fully saturated rings. The predicted molar refractivity (Wildman–Crippen MR) is 98.1 cm³/mol. The smallest absolute Gasteiger partial charge is 0.294 e. The van der Waals surface area contributed by atoms with Crippen LogP contribution in [0.5, 0.6) is 0 Å². The molecule has 1 aliphatic heterocycles. The lowest BCUT2D eigenvalue weighted by atomic mass is 10.0. The van der Waals surface area contributed by atoms with Gasteiger partial charge in [0.1, 0.15) is 11.6 Å². The summed E-state index contributed by atoms with van der Waals surface area (Å²) in [6, 6.07) is 2.67. The minimum Gasteiger partial charge on any atom is -0.374 e. The molecule has 1 aromatic rings. The molecule has 25 heavy (non-hydrogen) atoms. The van der Waals surface area contributed by atoms with Crippen LogP contribution in [0.2, 0.25) is 0 Å². The molecular formula is C15H18BrClN4O4. The summed E-state index contributed by atoms with van der Waals surface area (Å²) in [5, 5.41) is 17.0. The molecule has 0 spiro atoms. The number of nitrogens with zero attached hydrogens (tertiary/aromatic N) is 2. The molecule has 0 saturated carbocycles. The minimum atomic E-state index is -0.538. The Hall–Kier alpha value is -1.87. The van der Waals surface area contributed by atoms with E-state index in [1.807, 2.05) is 0 Å². The van der Waals surface area contributed by atoms with E-state index in [0.717, 1.165) is 12.8 Å². The first kappa shape index (κ1) is 19.5. The molecule has 0 bridgehead atoms. The summed E-state index contributed by atoms with van der Waals surface area (Å²) < 4.78 is 0.436. The Morgan fingerprint density at radius 3 is 2.80 bits per heavy atom. The second-order valence-electron chi connectivity index (χ2n) is 5.64. The fourth-order valence-electron chi connectivity index (χ4n) is 2.81. The van der Waals surface area contributed by atoms with Gasteiger partial charge in [0.15, 0.2) is 0 Å². The molecule has 1 saturated heterocycles. The van der Waals surface area contributed by atoms with Crippen molar-refractivity contribution in [3.63, 3.8) is 0 Å². The Balaban J connectivity index is 2.35. The van der Waals surface area contributed by atoms with E-state index in [1.54, 1.807) is 4.90 Å². The van der Waals surface area contributed by atoms with Crippen molar-refractivity contribution in [2.24, 2.45) is 0 Å². The van der Waals surface area contributed by atoms with Crippen molar-refractivity contribution < 1.29 is 14.5 Å². The van der Waals surface area contributed by atoms with E-state index in [9.17, 15) is 19.7 Å². The molecule has 1 aliphatic rings. The maximum Gasteiger partial charge on any atom is 0.294 e. The molecule has 1 heterocycles. The van der Waals surface area contributed by atoms with Crippen molar-refractivity contribution in [1.29, 1.82) is 0 Å². The predicted octanol–water partition coefficient (Wildman–Crippen LogP) is 2.36. The second-order valence-corrected chi connectivity index (χ2v) is 6.82. The topological polar surface area (TPSA) is 105 Å². The largest absolute Gasteiger partial charge is 0.374 e. The number of piperidine rings is 1. The van der Waals surface area contributed by atoms with Crippen LogP contribution in [0.15, 0.2) is 16.6 Å². The van der Waals surface area contributed by atoms with Crippen LogP contribution in [0.1, 0.15) is 23.2 Å². The van der Waals surface area contributed by atoms with Gasteiger partial charge in [-0.1, -0.05) is 15.9 Å². The van der Waals surface area contributed by atoms with Crippen LogP contribution in [0.3, 0.4) is 0 Å². The summed E-state index contributed by atoms with van der Waals surface area (Å²) in [6.07, 6.45) is 1.48. The van der Waals surface area contributed by atoms with Gasteiger partial charge in [-0.3, -0.25) is 19.7 Å². The summed E-state index contributed by atoms with van der Waals surface area (Å²) in [5.74, 6) is -0.712. The number of nitro benzene ring substituents is 1. The van der Waals surface area contributed by atoms with Gasteiger partial charge in [0, 0.05) is 36.7 Å². The fraction of sp³-hybridized carbons (Fsp3) is 0.467. The number of hydrogen-bond acceptors (Lipinski definition) is 5. The summed E-state index contributed by atoms with van der Waals surface area (Å²) in [5.41, 5.74) is 0.121. The van der Waals surface area contributed by atoms with Gasteiger partial charge in [0.25, 0.3) is 11.6 Å². The van der Waals surface area contributed by atoms with E-state index < -0.39 is 10.8 Å². The lowest BCUT2D eigenvalue weighted by Gasteiger charge is -2.33. The zero-order valence-corrected chi connectivity index (χ0v) is 15.9. The Morgan fingerprint density at radius 2 is 2.20 bits per heavy atom. The number of benzene rings is 1. The van der Waals surface area contributed by atoms with E-state index in [0.29, 0.717) is 17.6 Å². The number of alkyl halides is 1. The molecule has 0 unspecified atom stereocenters. The van der Waals surface area contributed by atoms with Gasteiger partial charge in [0.05, 0.1) is 10.5 Å². The number of carbonyl (C=O) groups is 2. The van der Waals surface area contributed by atoms with E-state index in [-0.39, 0.29) is 34.8 Å². The zero-order valence-electron chi connectivity index (χ0n) is 13.6. The first-order valence-corrected chi connectivity index (χ1v) is 9.00. The first-order valence-electron chi connectivity index (χ1n) is 7.67. The normalized spacial score (nSPS) is 17.1. The van der Waals surface area contributed by atoms with Gasteiger partial charge >= 0.3 is 0 Å². The monoisotopic (exact) mass is 432 g/mol. The number of halogens is 2. The van der Waals surface area contributed by atoms with Crippen LogP contribution in [0, 0.1) is 10.1 Å². The Bertz CT molecular complexity index is 700. The van der Waals surface area contributed by atoms with Crippen molar-refractivity contribution in [3.05, 3.63) is 32.3 Å². The van der Waals surface area contributed by atoms with Crippen LogP contribution < -0.4 is 10.6 Å². The maximum atomic E-state index is 12.1. The first-order chi connectivity index (χ1) is 11.9. The fourth-order valence-corrected chi connectivity index (χ4v) is 3.43. The van der Waals surface area contributed by atoms with E-state index >= 15 is 0 Å². The molecule has 1 atom stereocenters. The Kier molecular flexibility index (Phi) is 6.60. The number of nitro groups is 1. The third-order valence-corrected chi connectivity index (χ3v) is 4.67. The summed E-state index contributed by atoms with van der Waals surface area (Å²) in [6.45, 7) is 0.987. The van der Waals surface area contributed by atoms with Crippen molar-refractivity contribution >= 4 is 50.7 Å². The standard InChI is InChI=1S/C15H18BrClN4O4/c1-18-15(23)11-5-9(16)6-12(21(24)25)14(11)19-10-3-2-4-20(8-10)13(22)7-17/h5-6,10,19H,2-4,7-8H2,1H3,(H,18,23)/t10-/m0/s1. The van der Waals surface area contributed by atoms with Crippen molar-refractivity contribution in [3.8, 4) is 0 Å². The minimum absolute atomic E-state index is 0.103. The van der Waals surface area contributed by atoms with Gasteiger partial charge in [-0.15, -0.1) is 11.6 Å². The number of rotatable bonds is 5. The van der Waals surface area contributed by atoms with Crippen molar-refractivity contribution in [2.75, 3.05) is 31.3 Å². The molecular weight excluding hydrogens is 416 g/mol. The van der Waals surface area contributed by atoms with Crippen LogP contribution >= 0.6 is 27.5 Å².